The molecule has 0 saturated carbocycles. The highest BCUT2D eigenvalue weighted by atomic mass is 35.5. The van der Waals surface area contributed by atoms with Gasteiger partial charge in [-0.3, -0.25) is 9.58 Å². The van der Waals surface area contributed by atoms with E-state index in [0.29, 0.717) is 5.02 Å². The minimum Gasteiger partial charge on any atom is -0.339 e. The molecule has 3 rings (SSSR count). The summed E-state index contributed by atoms with van der Waals surface area (Å²) in [6, 6.07) is 1.85. The van der Waals surface area contributed by atoms with Crippen LogP contribution in [0, 0.1) is 0 Å². The average molecular weight is 307 g/mol. The highest BCUT2D eigenvalue weighted by Crippen LogP contribution is 2.10. The highest BCUT2D eigenvalue weighted by Gasteiger charge is 2.16. The van der Waals surface area contributed by atoms with Crippen LogP contribution in [-0.2, 0) is 6.54 Å². The Labute approximate surface area is 129 Å². The molecule has 0 bridgehead atoms. The number of aromatic nitrogens is 4. The normalized spacial score (nSPS) is 16.9. The maximum Gasteiger partial charge on any atom is 0.225 e. The van der Waals surface area contributed by atoms with Gasteiger partial charge in [0.2, 0.25) is 5.95 Å². The van der Waals surface area contributed by atoms with E-state index in [1.807, 2.05) is 16.9 Å². The Bertz CT molecular complexity index is 558. The molecule has 0 spiro atoms. The lowest BCUT2D eigenvalue weighted by Crippen LogP contribution is -2.33. The van der Waals surface area contributed by atoms with Crippen molar-refractivity contribution in [2.45, 2.75) is 13.0 Å². The van der Waals surface area contributed by atoms with E-state index in [9.17, 15) is 0 Å². The van der Waals surface area contributed by atoms with Gasteiger partial charge in [0.1, 0.15) is 0 Å². The lowest BCUT2D eigenvalue weighted by Gasteiger charge is -2.21. The third kappa shape index (κ3) is 3.92. The van der Waals surface area contributed by atoms with Gasteiger partial charge >= 0.3 is 0 Å². The monoisotopic (exact) mass is 306 g/mol. The van der Waals surface area contributed by atoms with Gasteiger partial charge in [-0.25, -0.2) is 9.97 Å². The van der Waals surface area contributed by atoms with Crippen molar-refractivity contribution >= 4 is 17.5 Å². The van der Waals surface area contributed by atoms with Crippen molar-refractivity contribution in [1.82, 2.24) is 24.6 Å². The zero-order chi connectivity index (χ0) is 14.5. The molecule has 21 heavy (non-hydrogen) atoms. The first-order chi connectivity index (χ1) is 10.3. The molecule has 0 aliphatic carbocycles. The van der Waals surface area contributed by atoms with Gasteiger partial charge in [0, 0.05) is 44.8 Å². The molecule has 1 fully saturated rings. The van der Waals surface area contributed by atoms with Gasteiger partial charge in [-0.1, -0.05) is 11.6 Å². The molecule has 1 saturated heterocycles. The van der Waals surface area contributed by atoms with Crippen LogP contribution >= 0.6 is 11.6 Å². The predicted molar refractivity (Wildman–Crippen MR) is 82.5 cm³/mol. The number of nitrogens with zero attached hydrogens (tertiary/aromatic N) is 6. The number of halogens is 1. The van der Waals surface area contributed by atoms with E-state index in [1.165, 1.54) is 0 Å². The molecule has 0 radical (unpaired) electrons. The van der Waals surface area contributed by atoms with Gasteiger partial charge in [-0.15, -0.1) is 0 Å². The first-order valence-corrected chi connectivity index (χ1v) is 7.61. The second-order valence-electron chi connectivity index (χ2n) is 5.15. The van der Waals surface area contributed by atoms with Crippen LogP contribution in [0.25, 0.3) is 0 Å². The van der Waals surface area contributed by atoms with Crippen LogP contribution in [0.1, 0.15) is 6.42 Å². The molecule has 112 valence electrons. The standard InChI is InChI=1S/C14H19ClN6/c15-13-11-18-21(12-13)10-8-19-5-2-6-20(9-7-19)14-16-3-1-4-17-14/h1,3-4,11-12H,2,5-10H2. The summed E-state index contributed by atoms with van der Waals surface area (Å²) in [7, 11) is 0. The van der Waals surface area contributed by atoms with Crippen LogP contribution in [0.2, 0.25) is 5.02 Å². The highest BCUT2D eigenvalue weighted by molar-refractivity contribution is 6.30. The average Bonchev–Trinajstić information content (AvgIpc) is 2.80. The molecule has 3 heterocycles. The maximum absolute atomic E-state index is 5.88. The van der Waals surface area contributed by atoms with Crippen molar-refractivity contribution in [3.63, 3.8) is 0 Å². The Morgan fingerprint density at radius 3 is 2.67 bits per heavy atom. The van der Waals surface area contributed by atoms with Crippen molar-refractivity contribution in [3.8, 4) is 0 Å². The summed E-state index contributed by atoms with van der Waals surface area (Å²) in [6.45, 7) is 5.94. The summed E-state index contributed by atoms with van der Waals surface area (Å²) in [4.78, 5) is 13.4. The van der Waals surface area contributed by atoms with Crippen molar-refractivity contribution < 1.29 is 0 Å². The fraction of sp³-hybridized carbons (Fsp3) is 0.500. The van der Waals surface area contributed by atoms with E-state index in [0.717, 1.165) is 51.6 Å². The molecule has 2 aromatic rings. The van der Waals surface area contributed by atoms with Gasteiger partial charge in [-0.05, 0) is 19.0 Å². The van der Waals surface area contributed by atoms with Crippen molar-refractivity contribution in [2.75, 3.05) is 37.6 Å². The summed E-state index contributed by atoms with van der Waals surface area (Å²) < 4.78 is 1.89. The molecule has 0 atom stereocenters. The number of anilines is 1. The fourth-order valence-corrected chi connectivity index (χ4v) is 2.71. The van der Waals surface area contributed by atoms with Gasteiger partial charge in [0.15, 0.2) is 0 Å². The van der Waals surface area contributed by atoms with E-state index in [4.69, 9.17) is 11.6 Å². The molecular formula is C14H19ClN6. The summed E-state index contributed by atoms with van der Waals surface area (Å²) in [5.41, 5.74) is 0. The Kier molecular flexibility index (Phi) is 4.67. The molecule has 0 aromatic carbocycles. The van der Waals surface area contributed by atoms with E-state index >= 15 is 0 Å². The summed E-state index contributed by atoms with van der Waals surface area (Å²) in [5.74, 6) is 0.832. The second-order valence-corrected chi connectivity index (χ2v) is 5.59. The molecule has 7 heteroatoms. The topological polar surface area (TPSA) is 50.1 Å². The van der Waals surface area contributed by atoms with E-state index in [1.54, 1.807) is 18.6 Å². The molecule has 0 N–H and O–H groups in total. The lowest BCUT2D eigenvalue weighted by atomic mass is 10.4. The summed E-state index contributed by atoms with van der Waals surface area (Å²) in [5, 5.41) is 4.91. The first kappa shape index (κ1) is 14.3. The SMILES string of the molecule is Clc1cnn(CCN2CCCN(c3ncccn3)CC2)c1. The van der Waals surface area contributed by atoms with Gasteiger partial charge in [-0.2, -0.15) is 5.10 Å². The Morgan fingerprint density at radius 1 is 1.05 bits per heavy atom. The molecule has 0 unspecified atom stereocenters. The summed E-state index contributed by atoms with van der Waals surface area (Å²) in [6.07, 6.45) is 8.26. The quantitative estimate of drug-likeness (QED) is 0.857. The van der Waals surface area contributed by atoms with Crippen LogP contribution in [0.5, 0.6) is 0 Å². The smallest absolute Gasteiger partial charge is 0.225 e. The lowest BCUT2D eigenvalue weighted by molar-refractivity contribution is 0.276. The van der Waals surface area contributed by atoms with Gasteiger partial charge in [0.05, 0.1) is 17.8 Å². The third-order valence-corrected chi connectivity index (χ3v) is 3.87. The van der Waals surface area contributed by atoms with Crippen LogP contribution in [0.15, 0.2) is 30.9 Å². The second kappa shape index (κ2) is 6.87. The molecule has 6 nitrogen and oxygen atoms in total. The largest absolute Gasteiger partial charge is 0.339 e. The Morgan fingerprint density at radius 2 is 1.90 bits per heavy atom. The third-order valence-electron chi connectivity index (χ3n) is 3.67. The van der Waals surface area contributed by atoms with E-state index in [2.05, 4.69) is 24.9 Å². The van der Waals surface area contributed by atoms with Crippen molar-refractivity contribution in [1.29, 1.82) is 0 Å². The minimum atomic E-state index is 0.693. The van der Waals surface area contributed by atoms with Crippen LogP contribution < -0.4 is 4.90 Å². The van der Waals surface area contributed by atoms with E-state index in [-0.39, 0.29) is 0 Å². The first-order valence-electron chi connectivity index (χ1n) is 7.23. The number of rotatable bonds is 4. The minimum absolute atomic E-state index is 0.693. The van der Waals surface area contributed by atoms with Gasteiger partial charge < -0.3 is 4.90 Å². The molecule has 2 aromatic heterocycles. The van der Waals surface area contributed by atoms with Crippen LogP contribution in [-0.4, -0.2) is 57.4 Å². The Balaban J connectivity index is 1.51. The molecular weight excluding hydrogens is 288 g/mol. The molecule has 0 amide bonds. The number of hydrogen-bond acceptors (Lipinski definition) is 5. The van der Waals surface area contributed by atoms with Crippen molar-refractivity contribution in [2.24, 2.45) is 0 Å². The zero-order valence-electron chi connectivity index (χ0n) is 11.9. The van der Waals surface area contributed by atoms with Crippen LogP contribution in [0.3, 0.4) is 0 Å². The maximum atomic E-state index is 5.88. The zero-order valence-corrected chi connectivity index (χ0v) is 12.7. The Hall–Kier alpha value is -1.66. The van der Waals surface area contributed by atoms with E-state index < -0.39 is 0 Å². The molecule has 1 aliphatic heterocycles. The number of hydrogen-bond donors (Lipinski definition) is 0. The predicted octanol–water partition coefficient (Wildman–Crippen LogP) is 1.54. The van der Waals surface area contributed by atoms with Gasteiger partial charge in [0.25, 0.3) is 0 Å². The fourth-order valence-electron chi connectivity index (χ4n) is 2.55. The summed E-state index contributed by atoms with van der Waals surface area (Å²) >= 11 is 5.88. The van der Waals surface area contributed by atoms with Crippen LogP contribution in [0.4, 0.5) is 5.95 Å². The van der Waals surface area contributed by atoms with Crippen molar-refractivity contribution in [3.05, 3.63) is 35.9 Å². The molecule has 1 aliphatic rings.